The minimum absolute atomic E-state index is 1.17. The molecule has 0 saturated heterocycles. The van der Waals surface area contributed by atoms with Crippen LogP contribution in [0.4, 0.5) is 0 Å². The lowest BCUT2D eigenvalue weighted by molar-refractivity contribution is 1.13. The molecule has 3 heterocycles. The lowest BCUT2D eigenvalue weighted by atomic mass is 9.93. The number of rotatable bonds is 1. The molecule has 0 radical (unpaired) electrons. The summed E-state index contributed by atoms with van der Waals surface area (Å²) in [6.07, 6.45) is 0. The molecule has 9 rings (SSSR count). The van der Waals surface area contributed by atoms with Gasteiger partial charge in [-0.3, -0.25) is 0 Å². The van der Waals surface area contributed by atoms with Crippen molar-refractivity contribution in [3.05, 3.63) is 133 Å². The predicted octanol–water partition coefficient (Wildman–Crippen LogP) is 9.53. The van der Waals surface area contributed by atoms with Crippen LogP contribution in [0.5, 0.6) is 0 Å². The zero-order valence-corrected chi connectivity index (χ0v) is 20.6. The Morgan fingerprint density at radius 3 is 1.63 bits per heavy atom. The molecule has 0 atom stereocenters. The van der Waals surface area contributed by atoms with Crippen LogP contribution >= 0.6 is 0 Å². The summed E-state index contributed by atoms with van der Waals surface area (Å²) in [5.74, 6) is 0. The molecule has 6 aromatic carbocycles. The number of hydrogen-bond acceptors (Lipinski definition) is 0. The van der Waals surface area contributed by atoms with E-state index in [1.54, 1.807) is 0 Å². The first-order valence-corrected chi connectivity index (χ1v) is 13.1. The zero-order chi connectivity index (χ0) is 24.8. The van der Waals surface area contributed by atoms with Gasteiger partial charge in [0.15, 0.2) is 0 Å². The third-order valence-electron chi connectivity index (χ3n) is 8.25. The van der Waals surface area contributed by atoms with E-state index in [2.05, 4.69) is 143 Å². The lowest BCUT2D eigenvalue weighted by Crippen LogP contribution is -2.02. The van der Waals surface area contributed by atoms with Crippen molar-refractivity contribution >= 4 is 43.6 Å². The van der Waals surface area contributed by atoms with Gasteiger partial charge in [0.05, 0.1) is 27.8 Å². The largest absolute Gasteiger partial charge is 0.307 e. The average molecular weight is 483 g/mol. The number of para-hydroxylation sites is 4. The summed E-state index contributed by atoms with van der Waals surface area (Å²) in [4.78, 5) is 0. The predicted molar refractivity (Wildman–Crippen MR) is 160 cm³/mol. The molecule has 0 bridgehead atoms. The van der Waals surface area contributed by atoms with Gasteiger partial charge < -0.3 is 9.13 Å². The summed E-state index contributed by atoms with van der Waals surface area (Å²) in [6.45, 7) is 0. The highest BCUT2D eigenvalue weighted by molar-refractivity contribution is 6.20. The average Bonchev–Trinajstić information content (AvgIpc) is 3.46. The van der Waals surface area contributed by atoms with E-state index in [0.29, 0.717) is 0 Å². The Balaban J connectivity index is 1.63. The van der Waals surface area contributed by atoms with Gasteiger partial charge in [0.2, 0.25) is 0 Å². The molecular formula is C36H22N2. The molecule has 2 heteroatoms. The second-order valence-corrected chi connectivity index (χ2v) is 10.1. The number of aromatic nitrogens is 2. The van der Waals surface area contributed by atoms with Crippen molar-refractivity contribution in [2.75, 3.05) is 0 Å². The normalized spacial score (nSPS) is 12.2. The number of fused-ring (bicyclic) bond motifs is 12. The van der Waals surface area contributed by atoms with Crippen molar-refractivity contribution in [2.45, 2.75) is 0 Å². The summed E-state index contributed by atoms with van der Waals surface area (Å²) >= 11 is 0. The second-order valence-electron chi connectivity index (χ2n) is 10.1. The highest BCUT2D eigenvalue weighted by atomic mass is 15.1. The molecule has 1 aliphatic heterocycles. The van der Waals surface area contributed by atoms with Crippen molar-refractivity contribution in [1.82, 2.24) is 9.13 Å². The zero-order valence-electron chi connectivity index (χ0n) is 20.6. The molecule has 0 spiro atoms. The summed E-state index contributed by atoms with van der Waals surface area (Å²) in [6, 6.07) is 48.7. The molecule has 0 unspecified atom stereocenters. The van der Waals surface area contributed by atoms with Crippen LogP contribution in [-0.2, 0) is 0 Å². The molecule has 0 saturated carbocycles. The van der Waals surface area contributed by atoms with Gasteiger partial charge in [-0.15, -0.1) is 0 Å². The van der Waals surface area contributed by atoms with Crippen molar-refractivity contribution in [1.29, 1.82) is 0 Å². The van der Waals surface area contributed by atoms with Gasteiger partial charge in [0.1, 0.15) is 0 Å². The summed E-state index contributed by atoms with van der Waals surface area (Å²) in [5.41, 5.74) is 12.5. The molecule has 0 fully saturated rings. The van der Waals surface area contributed by atoms with Crippen LogP contribution in [0.2, 0.25) is 0 Å². The number of nitrogens with zero attached hydrogens (tertiary/aromatic N) is 2. The van der Waals surface area contributed by atoms with Crippen LogP contribution < -0.4 is 0 Å². The second kappa shape index (κ2) is 7.24. The SMILES string of the molecule is c1ccc(-n2c3ccccc3c3ccc4c(c32)-n2c3ccccc3c3cccc(c32)-c2ccccc2-4)cc1. The van der Waals surface area contributed by atoms with Crippen LogP contribution in [0, 0.1) is 0 Å². The standard InChI is InChI=1S/C36H22N2/c1-2-11-23(12-3-1)37-32-19-8-6-16-27(32)31-22-21-30-25-14-5-4-13-24(25)28-17-10-18-29-26-15-7-9-20-33(26)38(34(28)29)36(30)35(31)37/h1-22H. The highest BCUT2D eigenvalue weighted by Crippen LogP contribution is 2.49. The maximum atomic E-state index is 2.54. The summed E-state index contributed by atoms with van der Waals surface area (Å²) in [7, 11) is 0. The van der Waals surface area contributed by atoms with E-state index in [9.17, 15) is 0 Å². The van der Waals surface area contributed by atoms with E-state index in [1.165, 1.54) is 77.2 Å². The van der Waals surface area contributed by atoms with E-state index in [1.807, 2.05) is 0 Å². The van der Waals surface area contributed by atoms with Gasteiger partial charge in [0, 0.05) is 38.4 Å². The summed E-state index contributed by atoms with van der Waals surface area (Å²) < 4.78 is 5.00. The molecule has 0 amide bonds. The number of benzene rings is 6. The van der Waals surface area contributed by atoms with E-state index in [-0.39, 0.29) is 0 Å². The van der Waals surface area contributed by atoms with Crippen molar-refractivity contribution in [3.8, 4) is 33.6 Å². The first kappa shape index (κ1) is 20.0. The van der Waals surface area contributed by atoms with Crippen LogP contribution in [0.25, 0.3) is 77.2 Å². The van der Waals surface area contributed by atoms with Gasteiger partial charge in [-0.2, -0.15) is 0 Å². The Labute approximate surface area is 219 Å². The van der Waals surface area contributed by atoms with Crippen molar-refractivity contribution in [2.24, 2.45) is 0 Å². The molecule has 0 N–H and O–H groups in total. The van der Waals surface area contributed by atoms with Crippen molar-refractivity contribution in [3.63, 3.8) is 0 Å². The molecule has 38 heavy (non-hydrogen) atoms. The Kier molecular flexibility index (Phi) is 3.82. The molecule has 176 valence electrons. The molecular weight excluding hydrogens is 460 g/mol. The number of hydrogen-bond donors (Lipinski definition) is 0. The molecule has 8 aromatic rings. The van der Waals surface area contributed by atoms with Gasteiger partial charge in [-0.05, 0) is 35.4 Å². The monoisotopic (exact) mass is 482 g/mol. The molecule has 2 aromatic heterocycles. The van der Waals surface area contributed by atoms with E-state index in [4.69, 9.17) is 0 Å². The topological polar surface area (TPSA) is 9.86 Å². The third-order valence-corrected chi connectivity index (χ3v) is 8.25. The van der Waals surface area contributed by atoms with E-state index in [0.717, 1.165) is 0 Å². The van der Waals surface area contributed by atoms with Crippen LogP contribution in [0.15, 0.2) is 133 Å². The smallest absolute Gasteiger partial charge is 0.0788 e. The van der Waals surface area contributed by atoms with Gasteiger partial charge in [-0.25, -0.2) is 0 Å². The van der Waals surface area contributed by atoms with Gasteiger partial charge >= 0.3 is 0 Å². The maximum Gasteiger partial charge on any atom is 0.0788 e. The molecule has 2 nitrogen and oxygen atoms in total. The lowest BCUT2D eigenvalue weighted by Gasteiger charge is -2.17. The van der Waals surface area contributed by atoms with E-state index >= 15 is 0 Å². The van der Waals surface area contributed by atoms with E-state index < -0.39 is 0 Å². The highest BCUT2D eigenvalue weighted by Gasteiger charge is 2.28. The third kappa shape index (κ3) is 2.42. The molecule has 0 aliphatic carbocycles. The Bertz CT molecular complexity index is 2230. The Morgan fingerprint density at radius 1 is 0.316 bits per heavy atom. The first-order chi connectivity index (χ1) is 18.9. The van der Waals surface area contributed by atoms with Crippen LogP contribution in [0.1, 0.15) is 0 Å². The minimum atomic E-state index is 1.17. The quantitative estimate of drug-likeness (QED) is 0.220. The fourth-order valence-electron chi connectivity index (χ4n) is 6.75. The summed E-state index contributed by atoms with van der Waals surface area (Å²) in [5, 5.41) is 5.12. The van der Waals surface area contributed by atoms with Crippen LogP contribution in [0.3, 0.4) is 0 Å². The molecule has 1 aliphatic rings. The van der Waals surface area contributed by atoms with Gasteiger partial charge in [0.25, 0.3) is 0 Å². The van der Waals surface area contributed by atoms with Gasteiger partial charge in [-0.1, -0.05) is 109 Å². The minimum Gasteiger partial charge on any atom is -0.307 e. The fourth-order valence-corrected chi connectivity index (χ4v) is 6.75. The Morgan fingerprint density at radius 2 is 0.868 bits per heavy atom. The van der Waals surface area contributed by atoms with Crippen molar-refractivity contribution < 1.29 is 0 Å². The first-order valence-electron chi connectivity index (χ1n) is 13.1. The van der Waals surface area contributed by atoms with Crippen LogP contribution in [-0.4, -0.2) is 9.13 Å². The Hall–Kier alpha value is -5.08. The fraction of sp³-hybridized carbons (Fsp3) is 0. The maximum absolute atomic E-state index is 2.54.